The van der Waals surface area contributed by atoms with Crippen molar-refractivity contribution in [3.63, 3.8) is 0 Å². The fourth-order valence-corrected chi connectivity index (χ4v) is 5.36. The highest BCUT2D eigenvalue weighted by Gasteiger charge is 2.43. The molecule has 7 nitrogen and oxygen atoms in total. The first-order valence-corrected chi connectivity index (χ1v) is 10.5. The summed E-state index contributed by atoms with van der Waals surface area (Å²) in [6.07, 6.45) is 9.23. The Labute approximate surface area is 172 Å². The maximum absolute atomic E-state index is 12.8. The smallest absolute Gasteiger partial charge is 0.255 e. The van der Waals surface area contributed by atoms with Gasteiger partial charge in [-0.05, 0) is 36.6 Å². The standard InChI is InChI=1S/C21H21N5O2S/c22-19-2-1-14(12-25-19)20(27)26-8-4-21(5-9-26)15-11-18(16-13-23-6-7-24-16)29-17(15)3-10-28-21/h1-2,6-7,11-13H,3-5,8-10H2,(H2,22,25). The Morgan fingerprint density at radius 1 is 1.17 bits per heavy atom. The number of piperidine rings is 1. The third-order valence-electron chi connectivity index (χ3n) is 5.71. The third kappa shape index (κ3) is 3.28. The number of fused-ring (bicyclic) bond motifs is 2. The number of anilines is 1. The molecule has 5 heterocycles. The molecule has 2 aliphatic rings. The van der Waals surface area contributed by atoms with Gasteiger partial charge in [-0.25, -0.2) is 4.98 Å². The second kappa shape index (κ2) is 7.20. The molecule has 0 aromatic carbocycles. The summed E-state index contributed by atoms with van der Waals surface area (Å²) in [7, 11) is 0. The van der Waals surface area contributed by atoms with E-state index in [0.717, 1.165) is 29.8 Å². The minimum absolute atomic E-state index is 0.00560. The number of thiophene rings is 1. The van der Waals surface area contributed by atoms with Crippen molar-refractivity contribution in [1.29, 1.82) is 0 Å². The van der Waals surface area contributed by atoms with Gasteiger partial charge in [-0.2, -0.15) is 0 Å². The first-order valence-electron chi connectivity index (χ1n) is 9.69. The molecule has 2 N–H and O–H groups in total. The maximum atomic E-state index is 12.8. The van der Waals surface area contributed by atoms with Crippen LogP contribution < -0.4 is 5.73 Å². The van der Waals surface area contributed by atoms with Gasteiger partial charge in [-0.3, -0.25) is 14.8 Å². The molecule has 148 valence electrons. The lowest BCUT2D eigenvalue weighted by Crippen LogP contribution is -2.48. The van der Waals surface area contributed by atoms with Crippen LogP contribution in [0.25, 0.3) is 10.6 Å². The Balaban J connectivity index is 1.37. The van der Waals surface area contributed by atoms with E-state index in [1.165, 1.54) is 10.4 Å². The summed E-state index contributed by atoms with van der Waals surface area (Å²) < 4.78 is 6.34. The van der Waals surface area contributed by atoms with E-state index in [1.54, 1.807) is 48.3 Å². The van der Waals surface area contributed by atoms with Gasteiger partial charge in [0, 0.05) is 43.0 Å². The number of rotatable bonds is 2. The molecule has 3 aromatic heterocycles. The van der Waals surface area contributed by atoms with Crippen LogP contribution in [0.4, 0.5) is 5.82 Å². The molecule has 0 radical (unpaired) electrons. The number of nitrogen functional groups attached to an aromatic ring is 1. The van der Waals surface area contributed by atoms with Crippen molar-refractivity contribution in [1.82, 2.24) is 19.9 Å². The average Bonchev–Trinajstić information content (AvgIpc) is 3.21. The van der Waals surface area contributed by atoms with Crippen LogP contribution in [-0.4, -0.2) is 45.5 Å². The van der Waals surface area contributed by atoms with Gasteiger partial charge in [-0.15, -0.1) is 11.3 Å². The molecule has 1 fully saturated rings. The molecule has 0 aliphatic carbocycles. The van der Waals surface area contributed by atoms with Crippen molar-refractivity contribution in [2.75, 3.05) is 25.4 Å². The van der Waals surface area contributed by atoms with E-state index >= 15 is 0 Å². The SMILES string of the molecule is Nc1ccc(C(=O)N2CCC3(CC2)OCCc2sc(-c4cnccn4)cc23)cn1. The zero-order valence-electron chi connectivity index (χ0n) is 15.9. The molecule has 0 unspecified atom stereocenters. The predicted molar refractivity (Wildman–Crippen MR) is 110 cm³/mol. The second-order valence-electron chi connectivity index (χ2n) is 7.39. The molecule has 1 saturated heterocycles. The number of hydrogen-bond acceptors (Lipinski definition) is 7. The zero-order chi connectivity index (χ0) is 19.8. The Morgan fingerprint density at radius 2 is 2.03 bits per heavy atom. The monoisotopic (exact) mass is 407 g/mol. The molecule has 0 saturated carbocycles. The summed E-state index contributed by atoms with van der Waals surface area (Å²) in [4.78, 5) is 29.8. The molecule has 29 heavy (non-hydrogen) atoms. The highest BCUT2D eigenvalue weighted by molar-refractivity contribution is 7.15. The summed E-state index contributed by atoms with van der Waals surface area (Å²) in [5.41, 5.74) is 8.03. The summed E-state index contributed by atoms with van der Waals surface area (Å²) in [6, 6.07) is 5.61. The minimum atomic E-state index is -0.319. The van der Waals surface area contributed by atoms with Gasteiger partial charge in [-0.1, -0.05) is 0 Å². The number of ether oxygens (including phenoxy) is 1. The first kappa shape index (κ1) is 18.2. The van der Waals surface area contributed by atoms with Gasteiger partial charge >= 0.3 is 0 Å². The van der Waals surface area contributed by atoms with E-state index in [1.807, 2.05) is 4.90 Å². The highest BCUT2D eigenvalue weighted by Crippen LogP contribution is 2.46. The van der Waals surface area contributed by atoms with E-state index in [-0.39, 0.29) is 11.5 Å². The van der Waals surface area contributed by atoms with Gasteiger partial charge in [0.05, 0.1) is 34.5 Å². The zero-order valence-corrected chi connectivity index (χ0v) is 16.7. The molecule has 0 atom stereocenters. The first-order chi connectivity index (χ1) is 14.1. The molecule has 3 aromatic rings. The molecular weight excluding hydrogens is 386 g/mol. The third-order valence-corrected chi connectivity index (χ3v) is 6.93. The van der Waals surface area contributed by atoms with E-state index in [9.17, 15) is 4.79 Å². The van der Waals surface area contributed by atoms with Gasteiger partial charge in [0.2, 0.25) is 0 Å². The van der Waals surface area contributed by atoms with Crippen molar-refractivity contribution in [3.8, 4) is 10.6 Å². The van der Waals surface area contributed by atoms with Crippen LogP contribution in [-0.2, 0) is 16.8 Å². The fourth-order valence-electron chi connectivity index (χ4n) is 4.17. The number of nitrogens with two attached hydrogens (primary N) is 1. The van der Waals surface area contributed by atoms with Gasteiger partial charge in [0.1, 0.15) is 5.82 Å². The van der Waals surface area contributed by atoms with E-state index < -0.39 is 0 Å². The van der Waals surface area contributed by atoms with Crippen LogP contribution in [0, 0.1) is 0 Å². The van der Waals surface area contributed by atoms with Gasteiger partial charge in [0.15, 0.2) is 0 Å². The van der Waals surface area contributed by atoms with Crippen LogP contribution in [0.5, 0.6) is 0 Å². The predicted octanol–water partition coefficient (Wildman–Crippen LogP) is 2.89. The van der Waals surface area contributed by atoms with Crippen molar-refractivity contribution < 1.29 is 9.53 Å². The quantitative estimate of drug-likeness (QED) is 0.702. The van der Waals surface area contributed by atoms with Crippen LogP contribution in [0.2, 0.25) is 0 Å². The Kier molecular flexibility index (Phi) is 4.52. The second-order valence-corrected chi connectivity index (χ2v) is 8.53. The summed E-state index contributed by atoms with van der Waals surface area (Å²) in [5.74, 6) is 0.410. The van der Waals surface area contributed by atoms with Crippen LogP contribution in [0.3, 0.4) is 0 Å². The van der Waals surface area contributed by atoms with Gasteiger partial charge < -0.3 is 15.4 Å². The van der Waals surface area contributed by atoms with Crippen molar-refractivity contribution in [2.24, 2.45) is 0 Å². The molecule has 2 aliphatic heterocycles. The number of aromatic nitrogens is 3. The van der Waals surface area contributed by atoms with Crippen molar-refractivity contribution >= 4 is 23.1 Å². The van der Waals surface area contributed by atoms with Crippen LogP contribution >= 0.6 is 11.3 Å². The molecule has 5 rings (SSSR count). The lowest BCUT2D eigenvalue weighted by molar-refractivity contribution is -0.0926. The van der Waals surface area contributed by atoms with Crippen LogP contribution in [0.1, 0.15) is 33.6 Å². The summed E-state index contributed by atoms with van der Waals surface area (Å²) in [6.45, 7) is 2.02. The molecule has 8 heteroatoms. The molecule has 1 amide bonds. The number of nitrogens with zero attached hydrogens (tertiary/aromatic N) is 4. The van der Waals surface area contributed by atoms with Gasteiger partial charge in [0.25, 0.3) is 5.91 Å². The van der Waals surface area contributed by atoms with E-state index in [0.29, 0.717) is 31.1 Å². The average molecular weight is 407 g/mol. The fraction of sp³-hybridized carbons (Fsp3) is 0.333. The number of pyridine rings is 1. The van der Waals surface area contributed by atoms with Crippen molar-refractivity contribution in [2.45, 2.75) is 24.9 Å². The largest absolute Gasteiger partial charge is 0.384 e. The normalized spacial score (nSPS) is 17.9. The topological polar surface area (TPSA) is 94.2 Å². The lowest BCUT2D eigenvalue weighted by Gasteiger charge is -2.44. The Bertz CT molecular complexity index is 1030. The Morgan fingerprint density at radius 3 is 2.76 bits per heavy atom. The number of likely N-dealkylation sites (tertiary alicyclic amines) is 1. The van der Waals surface area contributed by atoms with E-state index in [2.05, 4.69) is 21.0 Å². The number of amides is 1. The molecule has 1 spiro atoms. The minimum Gasteiger partial charge on any atom is -0.384 e. The lowest BCUT2D eigenvalue weighted by atomic mass is 9.82. The van der Waals surface area contributed by atoms with Crippen molar-refractivity contribution in [3.05, 3.63) is 59.0 Å². The molecular formula is C21H21N5O2S. The van der Waals surface area contributed by atoms with E-state index in [4.69, 9.17) is 10.5 Å². The number of carbonyl (C=O) groups is 1. The molecule has 0 bridgehead atoms. The summed E-state index contributed by atoms with van der Waals surface area (Å²) >= 11 is 1.78. The summed E-state index contributed by atoms with van der Waals surface area (Å²) in [5, 5.41) is 0. The number of carbonyl (C=O) groups excluding carboxylic acids is 1. The Hall–Kier alpha value is -2.84. The van der Waals surface area contributed by atoms with Crippen LogP contribution in [0.15, 0.2) is 43.0 Å². The maximum Gasteiger partial charge on any atom is 0.255 e. The highest BCUT2D eigenvalue weighted by atomic mass is 32.1. The number of hydrogen-bond donors (Lipinski definition) is 1.